The highest BCUT2D eigenvalue weighted by Crippen LogP contribution is 2.30. The van der Waals surface area contributed by atoms with Crippen molar-refractivity contribution >= 4 is 23.7 Å². The molecule has 0 radical (unpaired) electrons. The lowest BCUT2D eigenvalue weighted by molar-refractivity contribution is -0.137. The lowest BCUT2D eigenvalue weighted by Crippen LogP contribution is -2.24. The van der Waals surface area contributed by atoms with E-state index in [1.807, 2.05) is 6.07 Å². The summed E-state index contributed by atoms with van der Waals surface area (Å²) in [4.78, 5) is 23.3. The molecule has 8 heteroatoms. The molecule has 2 aromatic rings. The lowest BCUT2D eigenvalue weighted by atomic mass is 10.2. The Labute approximate surface area is 141 Å². The van der Waals surface area contributed by atoms with Gasteiger partial charge in [0.25, 0.3) is 0 Å². The largest absolute Gasteiger partial charge is 0.416 e. The van der Waals surface area contributed by atoms with Crippen LogP contribution < -0.4 is 10.7 Å². The number of hydrazone groups is 1. The fourth-order valence-corrected chi connectivity index (χ4v) is 1.88. The number of carbonyl (C=O) groups excluding carboxylic acids is 2. The molecular formula is C17H14F3N3O2. The summed E-state index contributed by atoms with van der Waals surface area (Å²) < 4.78 is 37.8. The smallest absolute Gasteiger partial charge is 0.326 e. The molecule has 0 aliphatic rings. The number of alkyl halides is 3. The van der Waals surface area contributed by atoms with Gasteiger partial charge in [0, 0.05) is 5.69 Å². The zero-order chi connectivity index (χ0) is 18.3. The SMILES string of the molecule is O=C(CC(=O)Nc1cccc(C(F)(F)F)c1)N/N=C\c1ccccc1. The summed E-state index contributed by atoms with van der Waals surface area (Å²) in [6.45, 7) is 0. The molecule has 0 saturated carbocycles. The second-order valence-corrected chi connectivity index (χ2v) is 5.01. The van der Waals surface area contributed by atoms with Crippen LogP contribution in [-0.2, 0) is 15.8 Å². The van der Waals surface area contributed by atoms with Crippen molar-refractivity contribution in [2.45, 2.75) is 12.6 Å². The first-order valence-corrected chi connectivity index (χ1v) is 7.18. The highest BCUT2D eigenvalue weighted by Gasteiger charge is 2.30. The molecule has 130 valence electrons. The first-order valence-electron chi connectivity index (χ1n) is 7.18. The number of amides is 2. The standard InChI is InChI=1S/C17H14F3N3O2/c18-17(19,20)13-7-4-8-14(9-13)22-15(24)10-16(25)23-21-11-12-5-2-1-3-6-12/h1-9,11H,10H2,(H,22,24)(H,23,25)/b21-11-. The van der Waals surface area contributed by atoms with E-state index in [1.54, 1.807) is 24.3 Å². The minimum atomic E-state index is -4.51. The Morgan fingerprint density at radius 3 is 2.40 bits per heavy atom. The van der Waals surface area contributed by atoms with Crippen LogP contribution >= 0.6 is 0 Å². The van der Waals surface area contributed by atoms with Crippen LogP contribution in [0.15, 0.2) is 59.7 Å². The molecular weight excluding hydrogens is 335 g/mol. The molecule has 2 amide bonds. The number of carbonyl (C=O) groups is 2. The van der Waals surface area contributed by atoms with Gasteiger partial charge >= 0.3 is 6.18 Å². The zero-order valence-corrected chi connectivity index (χ0v) is 12.9. The van der Waals surface area contributed by atoms with Gasteiger partial charge in [0.1, 0.15) is 6.42 Å². The third-order valence-electron chi connectivity index (χ3n) is 3.00. The van der Waals surface area contributed by atoms with Crippen molar-refractivity contribution in [1.29, 1.82) is 0 Å². The first kappa shape index (κ1) is 18.2. The van der Waals surface area contributed by atoms with E-state index in [0.29, 0.717) is 0 Å². The Morgan fingerprint density at radius 1 is 1.00 bits per heavy atom. The second-order valence-electron chi connectivity index (χ2n) is 5.01. The number of hydrogen-bond acceptors (Lipinski definition) is 3. The number of nitrogens with zero attached hydrogens (tertiary/aromatic N) is 1. The van der Waals surface area contributed by atoms with Gasteiger partial charge in [0.05, 0.1) is 11.8 Å². The van der Waals surface area contributed by atoms with Crippen LogP contribution in [-0.4, -0.2) is 18.0 Å². The maximum atomic E-state index is 12.6. The molecule has 0 spiro atoms. The minimum Gasteiger partial charge on any atom is -0.326 e. The summed E-state index contributed by atoms with van der Waals surface area (Å²) in [5, 5.41) is 5.94. The van der Waals surface area contributed by atoms with E-state index in [0.717, 1.165) is 17.7 Å². The fraction of sp³-hybridized carbons (Fsp3) is 0.118. The Hall–Kier alpha value is -3.16. The summed E-state index contributed by atoms with van der Waals surface area (Å²) in [5.74, 6) is -1.43. The van der Waals surface area contributed by atoms with Crippen molar-refractivity contribution in [1.82, 2.24) is 5.43 Å². The quantitative estimate of drug-likeness (QED) is 0.494. The Morgan fingerprint density at radius 2 is 1.72 bits per heavy atom. The molecule has 0 fully saturated rings. The number of nitrogens with one attached hydrogen (secondary N) is 2. The van der Waals surface area contributed by atoms with Crippen LogP contribution in [0.2, 0.25) is 0 Å². The van der Waals surface area contributed by atoms with Gasteiger partial charge in [-0.3, -0.25) is 9.59 Å². The average Bonchev–Trinajstić information content (AvgIpc) is 2.55. The number of hydrogen-bond donors (Lipinski definition) is 2. The molecule has 2 N–H and O–H groups in total. The monoisotopic (exact) mass is 349 g/mol. The number of benzene rings is 2. The normalized spacial score (nSPS) is 11.3. The molecule has 2 aromatic carbocycles. The predicted octanol–water partition coefficient (Wildman–Crippen LogP) is 3.18. The van der Waals surface area contributed by atoms with Gasteiger partial charge < -0.3 is 5.32 Å². The molecule has 2 rings (SSSR count). The molecule has 25 heavy (non-hydrogen) atoms. The summed E-state index contributed by atoms with van der Waals surface area (Å²) in [6, 6.07) is 13.1. The molecule has 0 saturated heterocycles. The van der Waals surface area contributed by atoms with Crippen LogP contribution in [0.4, 0.5) is 18.9 Å². The Balaban J connectivity index is 1.85. The van der Waals surface area contributed by atoms with Gasteiger partial charge in [-0.25, -0.2) is 5.43 Å². The molecule has 0 bridgehead atoms. The number of anilines is 1. The minimum absolute atomic E-state index is 0.0413. The molecule has 0 aliphatic carbocycles. The maximum absolute atomic E-state index is 12.6. The lowest BCUT2D eigenvalue weighted by Gasteiger charge is -2.09. The van der Waals surface area contributed by atoms with Crippen LogP contribution in [0.25, 0.3) is 0 Å². The maximum Gasteiger partial charge on any atom is 0.416 e. The van der Waals surface area contributed by atoms with E-state index < -0.39 is 30.0 Å². The van der Waals surface area contributed by atoms with Crippen molar-refractivity contribution in [2.24, 2.45) is 5.10 Å². The second kappa shape index (κ2) is 8.09. The molecule has 0 heterocycles. The molecule has 0 unspecified atom stereocenters. The van der Waals surface area contributed by atoms with Gasteiger partial charge in [-0.2, -0.15) is 18.3 Å². The Bertz CT molecular complexity index is 774. The van der Waals surface area contributed by atoms with Crippen molar-refractivity contribution in [3.05, 3.63) is 65.7 Å². The van der Waals surface area contributed by atoms with Crippen LogP contribution in [0.1, 0.15) is 17.5 Å². The highest BCUT2D eigenvalue weighted by atomic mass is 19.4. The van der Waals surface area contributed by atoms with E-state index in [4.69, 9.17) is 0 Å². The van der Waals surface area contributed by atoms with Crippen molar-refractivity contribution in [3.63, 3.8) is 0 Å². The van der Waals surface area contributed by atoms with E-state index in [-0.39, 0.29) is 5.69 Å². The van der Waals surface area contributed by atoms with Crippen LogP contribution in [0.5, 0.6) is 0 Å². The fourth-order valence-electron chi connectivity index (χ4n) is 1.88. The molecule has 0 aromatic heterocycles. The third kappa shape index (κ3) is 6.09. The molecule has 5 nitrogen and oxygen atoms in total. The molecule has 0 atom stereocenters. The van der Waals surface area contributed by atoms with Gasteiger partial charge in [0.15, 0.2) is 0 Å². The predicted molar refractivity (Wildman–Crippen MR) is 86.9 cm³/mol. The van der Waals surface area contributed by atoms with Crippen molar-refractivity contribution in [2.75, 3.05) is 5.32 Å². The Kier molecular flexibility index (Phi) is 5.89. The van der Waals surface area contributed by atoms with E-state index in [9.17, 15) is 22.8 Å². The average molecular weight is 349 g/mol. The van der Waals surface area contributed by atoms with Gasteiger partial charge in [-0.1, -0.05) is 36.4 Å². The summed E-state index contributed by atoms with van der Waals surface area (Å²) >= 11 is 0. The van der Waals surface area contributed by atoms with Crippen molar-refractivity contribution in [3.8, 4) is 0 Å². The summed E-state index contributed by atoms with van der Waals surface area (Å²) in [5.41, 5.74) is 2.01. The zero-order valence-electron chi connectivity index (χ0n) is 12.9. The highest BCUT2D eigenvalue weighted by molar-refractivity contribution is 6.03. The summed E-state index contributed by atoms with van der Waals surface area (Å²) in [7, 11) is 0. The van der Waals surface area contributed by atoms with Gasteiger partial charge in [0.2, 0.25) is 11.8 Å². The van der Waals surface area contributed by atoms with Crippen LogP contribution in [0.3, 0.4) is 0 Å². The third-order valence-corrected chi connectivity index (χ3v) is 3.00. The molecule has 0 aliphatic heterocycles. The topological polar surface area (TPSA) is 70.6 Å². The number of halogens is 3. The first-order chi connectivity index (χ1) is 11.8. The number of rotatable bonds is 5. The van der Waals surface area contributed by atoms with E-state index in [2.05, 4.69) is 15.8 Å². The van der Waals surface area contributed by atoms with E-state index >= 15 is 0 Å². The van der Waals surface area contributed by atoms with E-state index in [1.165, 1.54) is 18.3 Å². The van der Waals surface area contributed by atoms with Crippen molar-refractivity contribution < 1.29 is 22.8 Å². The summed E-state index contributed by atoms with van der Waals surface area (Å²) in [6.07, 6.45) is -3.67. The van der Waals surface area contributed by atoms with Crippen LogP contribution in [0, 0.1) is 0 Å². The van der Waals surface area contributed by atoms with Gasteiger partial charge in [-0.15, -0.1) is 0 Å². The van der Waals surface area contributed by atoms with Gasteiger partial charge in [-0.05, 0) is 23.8 Å².